The zero-order chi connectivity index (χ0) is 36.0. The van der Waals surface area contributed by atoms with Crippen molar-refractivity contribution in [3.63, 3.8) is 0 Å². The molecule has 2 aromatic heterocycles. The van der Waals surface area contributed by atoms with Crippen LogP contribution in [0.25, 0.3) is 71.7 Å². The normalized spacial score (nSPS) is 14.7. The van der Waals surface area contributed by atoms with E-state index in [9.17, 15) is 0 Å². The van der Waals surface area contributed by atoms with Crippen LogP contribution in [0.1, 0.15) is 37.8 Å². The van der Waals surface area contributed by atoms with E-state index in [1.165, 1.54) is 22.3 Å². The van der Waals surface area contributed by atoms with Crippen molar-refractivity contribution in [1.29, 1.82) is 0 Å². The molecule has 2 heterocycles. The van der Waals surface area contributed by atoms with Gasteiger partial charge < -0.3 is 13.7 Å². The average Bonchev–Trinajstić information content (AvgIpc) is 3.86. The molecule has 9 aromatic rings. The van der Waals surface area contributed by atoms with E-state index >= 15 is 0 Å². The monoisotopic (exact) mass is 695 g/mol. The van der Waals surface area contributed by atoms with Crippen LogP contribution >= 0.6 is 0 Å². The highest BCUT2D eigenvalue weighted by molar-refractivity contribution is 6.24. The van der Waals surface area contributed by atoms with Crippen molar-refractivity contribution in [1.82, 2.24) is 0 Å². The van der Waals surface area contributed by atoms with Gasteiger partial charge in [0.15, 0.2) is 5.58 Å². The molecule has 0 aliphatic heterocycles. The van der Waals surface area contributed by atoms with Gasteiger partial charge in [-0.15, -0.1) is 0 Å². The largest absolute Gasteiger partial charge is 0.456 e. The van der Waals surface area contributed by atoms with Gasteiger partial charge in [-0.1, -0.05) is 141 Å². The Morgan fingerprint density at radius 2 is 1.22 bits per heavy atom. The van der Waals surface area contributed by atoms with Gasteiger partial charge in [-0.05, 0) is 82.6 Å². The Bertz CT molecular complexity index is 3010. The molecule has 0 atom stereocenters. The lowest BCUT2D eigenvalue weighted by Gasteiger charge is -2.29. The highest BCUT2D eigenvalue weighted by Crippen LogP contribution is 2.54. The Morgan fingerprint density at radius 1 is 0.519 bits per heavy atom. The minimum Gasteiger partial charge on any atom is -0.456 e. The van der Waals surface area contributed by atoms with Crippen molar-refractivity contribution < 1.29 is 8.83 Å². The predicted octanol–water partition coefficient (Wildman–Crippen LogP) is 14.7. The first-order valence-corrected chi connectivity index (χ1v) is 18.9. The molecule has 7 aromatic carbocycles. The lowest BCUT2D eigenvalue weighted by Crippen LogP contribution is -2.17. The Balaban J connectivity index is 1.22. The first-order valence-electron chi connectivity index (χ1n) is 18.9. The average molecular weight is 696 g/mol. The van der Waals surface area contributed by atoms with Gasteiger partial charge in [0, 0.05) is 43.8 Å². The van der Waals surface area contributed by atoms with Gasteiger partial charge in [0.1, 0.15) is 16.7 Å². The van der Waals surface area contributed by atoms with E-state index in [1.54, 1.807) is 0 Å². The molecule has 0 spiro atoms. The second-order valence-electron chi connectivity index (χ2n) is 15.1. The van der Waals surface area contributed by atoms with Gasteiger partial charge >= 0.3 is 0 Å². The maximum atomic E-state index is 7.27. The third kappa shape index (κ3) is 4.48. The number of allylic oxidation sites excluding steroid dienone is 4. The molecular weight excluding hydrogens is 659 g/mol. The second-order valence-corrected chi connectivity index (χ2v) is 15.1. The highest BCUT2D eigenvalue weighted by Gasteiger charge is 2.39. The molecule has 0 N–H and O–H groups in total. The number of hydrogen-bond donors (Lipinski definition) is 0. The van der Waals surface area contributed by atoms with E-state index in [-0.39, 0.29) is 5.41 Å². The van der Waals surface area contributed by atoms with E-state index < -0.39 is 0 Å². The van der Waals surface area contributed by atoms with Crippen molar-refractivity contribution in [2.24, 2.45) is 0 Å². The second kappa shape index (κ2) is 11.7. The van der Waals surface area contributed by atoms with Crippen LogP contribution in [0.3, 0.4) is 0 Å². The molecule has 0 fully saturated rings. The quantitative estimate of drug-likeness (QED) is 0.179. The fourth-order valence-electron chi connectivity index (χ4n) is 9.21. The van der Waals surface area contributed by atoms with Crippen molar-refractivity contribution >= 4 is 66.5 Å². The van der Waals surface area contributed by atoms with Crippen LogP contribution in [0.15, 0.2) is 178 Å². The maximum Gasteiger partial charge on any atom is 0.159 e. The predicted molar refractivity (Wildman–Crippen MR) is 225 cm³/mol. The molecule has 0 saturated carbocycles. The third-order valence-corrected chi connectivity index (χ3v) is 11.7. The van der Waals surface area contributed by atoms with Crippen LogP contribution in [0.5, 0.6) is 0 Å². The summed E-state index contributed by atoms with van der Waals surface area (Å²) in [5, 5.41) is 4.24. The molecule has 0 unspecified atom stereocenters. The molecule has 2 aliphatic carbocycles. The summed E-state index contributed by atoms with van der Waals surface area (Å²) in [6, 6.07) is 54.1. The maximum absolute atomic E-state index is 7.27. The summed E-state index contributed by atoms with van der Waals surface area (Å²) >= 11 is 0. The Hall–Kier alpha value is -6.58. The minimum absolute atomic E-state index is 0.102. The highest BCUT2D eigenvalue weighted by atomic mass is 16.3. The van der Waals surface area contributed by atoms with Crippen LogP contribution in [0.2, 0.25) is 0 Å². The Morgan fingerprint density at radius 3 is 2.07 bits per heavy atom. The summed E-state index contributed by atoms with van der Waals surface area (Å²) in [4.78, 5) is 2.41. The lowest BCUT2D eigenvalue weighted by atomic mass is 9.80. The van der Waals surface area contributed by atoms with Crippen molar-refractivity contribution in [3.05, 3.63) is 181 Å². The number of benzene rings is 7. The molecule has 258 valence electrons. The number of furan rings is 2. The van der Waals surface area contributed by atoms with Gasteiger partial charge in [-0.2, -0.15) is 0 Å². The molecule has 0 amide bonds. The third-order valence-electron chi connectivity index (χ3n) is 11.7. The smallest absolute Gasteiger partial charge is 0.159 e. The van der Waals surface area contributed by atoms with Crippen LogP contribution in [0, 0.1) is 0 Å². The molecule has 11 rings (SSSR count). The van der Waals surface area contributed by atoms with Crippen LogP contribution in [0.4, 0.5) is 17.1 Å². The number of rotatable bonds is 5. The SMILES string of the molecule is CC1(C)C2=CCCC=C2c2ccc(N(c3ccccc3-c3ccccc3)c3cccc4c3oc3c(-c5ccccc5)c5c(cc34)oc3ccccc35)cc21. The molecule has 54 heavy (non-hydrogen) atoms. The molecule has 0 saturated heterocycles. The summed E-state index contributed by atoms with van der Waals surface area (Å²) in [6.07, 6.45) is 7.07. The van der Waals surface area contributed by atoms with Gasteiger partial charge in [0.05, 0.1) is 11.4 Å². The summed E-state index contributed by atoms with van der Waals surface area (Å²) in [5.41, 5.74) is 16.5. The van der Waals surface area contributed by atoms with E-state index in [4.69, 9.17) is 8.83 Å². The summed E-state index contributed by atoms with van der Waals surface area (Å²) in [5.74, 6) is 0. The van der Waals surface area contributed by atoms with Crippen molar-refractivity contribution in [2.45, 2.75) is 32.1 Å². The van der Waals surface area contributed by atoms with Crippen molar-refractivity contribution in [3.8, 4) is 22.3 Å². The lowest BCUT2D eigenvalue weighted by molar-refractivity contribution is 0.654. The van der Waals surface area contributed by atoms with Crippen LogP contribution in [-0.2, 0) is 5.41 Å². The molecule has 0 radical (unpaired) electrons. The van der Waals surface area contributed by atoms with Gasteiger partial charge in [0.2, 0.25) is 0 Å². The van der Waals surface area contributed by atoms with Gasteiger partial charge in [-0.25, -0.2) is 0 Å². The summed E-state index contributed by atoms with van der Waals surface area (Å²) in [7, 11) is 0. The molecule has 0 bridgehead atoms. The first-order chi connectivity index (χ1) is 26.6. The number of fused-ring (bicyclic) bond motifs is 9. The number of hydrogen-bond acceptors (Lipinski definition) is 3. The minimum atomic E-state index is -0.102. The summed E-state index contributed by atoms with van der Waals surface area (Å²) in [6.45, 7) is 4.75. The Kier molecular flexibility index (Phi) is 6.72. The molecule has 3 heteroatoms. The Labute approximate surface area is 314 Å². The first kappa shape index (κ1) is 31.0. The molecule has 2 aliphatic rings. The number of anilines is 3. The van der Waals surface area contributed by atoms with Crippen LogP contribution in [-0.4, -0.2) is 0 Å². The zero-order valence-electron chi connectivity index (χ0n) is 30.3. The fourth-order valence-corrected chi connectivity index (χ4v) is 9.21. The number of nitrogens with zero attached hydrogens (tertiary/aromatic N) is 1. The molecular formula is C51H37NO2. The number of para-hydroxylation sites is 3. The van der Waals surface area contributed by atoms with E-state index in [0.717, 1.165) is 96.0 Å². The van der Waals surface area contributed by atoms with E-state index in [1.807, 2.05) is 12.1 Å². The fraction of sp³-hybridized carbons (Fsp3) is 0.0980. The van der Waals surface area contributed by atoms with Crippen LogP contribution < -0.4 is 4.90 Å². The summed E-state index contributed by atoms with van der Waals surface area (Å²) < 4.78 is 13.8. The van der Waals surface area contributed by atoms with E-state index in [0.29, 0.717) is 0 Å². The zero-order valence-corrected chi connectivity index (χ0v) is 30.3. The van der Waals surface area contributed by atoms with Gasteiger partial charge in [-0.3, -0.25) is 0 Å². The molecule has 3 nitrogen and oxygen atoms in total. The van der Waals surface area contributed by atoms with Crippen molar-refractivity contribution in [2.75, 3.05) is 4.90 Å². The topological polar surface area (TPSA) is 29.5 Å². The van der Waals surface area contributed by atoms with E-state index in [2.05, 4.69) is 170 Å². The van der Waals surface area contributed by atoms with Gasteiger partial charge in [0.25, 0.3) is 0 Å². The standard InChI is InChI=1S/C51H37NO2/c1-51(2)41-24-12-9-21-36(41)37-29-28-34(30-42(37)51)52(43-25-13-10-20-35(43)32-16-5-3-6-17-32)44-26-15-23-38-40-31-46-48(39-22-11-14-27-45(39)53-46)47(50(40)54-49(38)44)33-18-7-4-8-19-33/h3-8,10-11,13-31H,9,12H2,1-2H3.